The van der Waals surface area contributed by atoms with Crippen LogP contribution in [0.2, 0.25) is 0 Å². The summed E-state index contributed by atoms with van der Waals surface area (Å²) in [6.45, 7) is 0. The SMILES string of the molecule is N=C1NC(=O)/C(=C\c2ccc3oc4ccccc4c3c2)S1. The van der Waals surface area contributed by atoms with Gasteiger partial charge in [-0.15, -0.1) is 0 Å². The number of benzene rings is 2. The van der Waals surface area contributed by atoms with Crippen LogP contribution in [-0.4, -0.2) is 11.1 Å². The van der Waals surface area contributed by atoms with E-state index in [-0.39, 0.29) is 11.1 Å². The molecule has 4 rings (SSSR count). The van der Waals surface area contributed by atoms with Gasteiger partial charge >= 0.3 is 0 Å². The fourth-order valence-electron chi connectivity index (χ4n) is 2.43. The highest BCUT2D eigenvalue weighted by Gasteiger charge is 2.22. The minimum absolute atomic E-state index is 0.168. The predicted octanol–water partition coefficient (Wildman–Crippen LogP) is 3.72. The molecular weight excluding hydrogens is 284 g/mol. The Morgan fingerprint density at radius 2 is 1.90 bits per heavy atom. The summed E-state index contributed by atoms with van der Waals surface area (Å²) in [5.74, 6) is -0.220. The first-order valence-corrected chi connectivity index (χ1v) is 7.23. The maximum absolute atomic E-state index is 11.7. The highest BCUT2D eigenvalue weighted by atomic mass is 32.2. The number of hydrogen-bond acceptors (Lipinski definition) is 4. The number of para-hydroxylation sites is 1. The number of hydrogen-bond donors (Lipinski definition) is 2. The van der Waals surface area contributed by atoms with Crippen molar-refractivity contribution >= 4 is 50.9 Å². The molecule has 0 atom stereocenters. The number of nitrogens with one attached hydrogen (secondary N) is 2. The monoisotopic (exact) mass is 294 g/mol. The van der Waals surface area contributed by atoms with Gasteiger partial charge in [-0.3, -0.25) is 10.2 Å². The fraction of sp³-hybridized carbons (Fsp3) is 0. The van der Waals surface area contributed by atoms with E-state index < -0.39 is 0 Å². The van der Waals surface area contributed by atoms with Gasteiger partial charge in [0.2, 0.25) is 0 Å². The van der Waals surface area contributed by atoms with Crippen LogP contribution >= 0.6 is 11.8 Å². The van der Waals surface area contributed by atoms with Crippen LogP contribution in [-0.2, 0) is 4.79 Å². The van der Waals surface area contributed by atoms with Crippen LogP contribution in [0.3, 0.4) is 0 Å². The van der Waals surface area contributed by atoms with Crippen LogP contribution in [0.15, 0.2) is 51.8 Å². The number of amidine groups is 1. The third kappa shape index (κ3) is 2.02. The Bertz CT molecular complexity index is 940. The summed E-state index contributed by atoms with van der Waals surface area (Å²) < 4.78 is 5.78. The van der Waals surface area contributed by atoms with Crippen LogP contribution in [0.25, 0.3) is 28.0 Å². The van der Waals surface area contributed by atoms with Gasteiger partial charge in [0.25, 0.3) is 5.91 Å². The number of thioether (sulfide) groups is 1. The van der Waals surface area contributed by atoms with E-state index in [1.54, 1.807) is 6.08 Å². The summed E-state index contributed by atoms with van der Waals surface area (Å²) in [4.78, 5) is 12.2. The van der Waals surface area contributed by atoms with Crippen molar-refractivity contribution in [1.29, 1.82) is 5.41 Å². The topological polar surface area (TPSA) is 66.1 Å². The van der Waals surface area contributed by atoms with Crippen LogP contribution in [0.1, 0.15) is 5.56 Å². The molecule has 1 aliphatic rings. The molecule has 5 heteroatoms. The van der Waals surface area contributed by atoms with Gasteiger partial charge in [-0.1, -0.05) is 24.3 Å². The Hall–Kier alpha value is -2.53. The Kier molecular flexibility index (Phi) is 2.62. The van der Waals surface area contributed by atoms with Crippen molar-refractivity contribution in [2.24, 2.45) is 0 Å². The lowest BCUT2D eigenvalue weighted by molar-refractivity contribution is -0.115. The molecule has 0 aliphatic carbocycles. The lowest BCUT2D eigenvalue weighted by atomic mass is 10.1. The number of furan rings is 1. The van der Waals surface area contributed by atoms with Gasteiger partial charge in [-0.25, -0.2) is 0 Å². The van der Waals surface area contributed by atoms with E-state index in [1.807, 2.05) is 42.5 Å². The highest BCUT2D eigenvalue weighted by molar-refractivity contribution is 8.18. The minimum Gasteiger partial charge on any atom is -0.456 e. The summed E-state index contributed by atoms with van der Waals surface area (Å²) in [6.07, 6.45) is 1.79. The highest BCUT2D eigenvalue weighted by Crippen LogP contribution is 2.31. The smallest absolute Gasteiger partial charge is 0.264 e. The molecule has 3 aromatic rings. The maximum atomic E-state index is 11.7. The lowest BCUT2D eigenvalue weighted by Gasteiger charge is -1.96. The first kappa shape index (κ1) is 12.2. The molecule has 2 aromatic carbocycles. The van der Waals surface area contributed by atoms with Crippen molar-refractivity contribution in [2.75, 3.05) is 0 Å². The molecule has 0 saturated carbocycles. The van der Waals surface area contributed by atoms with Gasteiger partial charge in [0.15, 0.2) is 5.17 Å². The second-order valence-corrected chi connectivity index (χ2v) is 5.80. The van der Waals surface area contributed by atoms with E-state index in [0.29, 0.717) is 4.91 Å². The van der Waals surface area contributed by atoms with E-state index in [0.717, 1.165) is 39.3 Å². The largest absolute Gasteiger partial charge is 0.456 e. The average molecular weight is 294 g/mol. The van der Waals surface area contributed by atoms with Gasteiger partial charge in [0.05, 0.1) is 4.91 Å². The molecular formula is C16H10N2O2S. The van der Waals surface area contributed by atoms with Crippen LogP contribution in [0, 0.1) is 5.41 Å². The number of fused-ring (bicyclic) bond motifs is 3. The molecule has 2 heterocycles. The van der Waals surface area contributed by atoms with Crippen molar-refractivity contribution < 1.29 is 9.21 Å². The first-order chi connectivity index (χ1) is 10.2. The molecule has 21 heavy (non-hydrogen) atoms. The van der Waals surface area contributed by atoms with Crippen LogP contribution < -0.4 is 5.32 Å². The van der Waals surface area contributed by atoms with Gasteiger partial charge < -0.3 is 9.73 Å². The predicted molar refractivity (Wildman–Crippen MR) is 85.2 cm³/mol. The normalized spacial score (nSPS) is 17.0. The Morgan fingerprint density at radius 3 is 2.71 bits per heavy atom. The van der Waals surface area contributed by atoms with E-state index in [1.165, 1.54) is 0 Å². The van der Waals surface area contributed by atoms with Crippen molar-refractivity contribution in [3.8, 4) is 0 Å². The Morgan fingerprint density at radius 1 is 1.10 bits per heavy atom. The molecule has 0 spiro atoms. The zero-order chi connectivity index (χ0) is 14.4. The van der Waals surface area contributed by atoms with Gasteiger partial charge in [-0.2, -0.15) is 0 Å². The van der Waals surface area contributed by atoms with Crippen molar-refractivity contribution in [3.63, 3.8) is 0 Å². The maximum Gasteiger partial charge on any atom is 0.264 e. The summed E-state index contributed by atoms with van der Waals surface area (Å²) in [6, 6.07) is 13.7. The number of rotatable bonds is 1. The molecule has 0 bridgehead atoms. The van der Waals surface area contributed by atoms with Crippen LogP contribution in [0.4, 0.5) is 0 Å². The molecule has 0 radical (unpaired) electrons. The summed E-state index contributed by atoms with van der Waals surface area (Å²) >= 11 is 1.14. The number of amides is 1. The molecule has 2 N–H and O–H groups in total. The number of carbonyl (C=O) groups is 1. The zero-order valence-corrected chi connectivity index (χ0v) is 11.7. The van der Waals surface area contributed by atoms with E-state index in [9.17, 15) is 4.79 Å². The first-order valence-electron chi connectivity index (χ1n) is 6.41. The Labute approximate surface area is 124 Å². The second kappa shape index (κ2) is 4.49. The molecule has 1 amide bonds. The van der Waals surface area contributed by atoms with Crippen molar-refractivity contribution in [3.05, 3.63) is 52.9 Å². The summed E-state index contributed by atoms with van der Waals surface area (Å²) in [5, 5.41) is 12.2. The Balaban J connectivity index is 1.87. The summed E-state index contributed by atoms with van der Waals surface area (Å²) in [7, 11) is 0. The molecule has 4 nitrogen and oxygen atoms in total. The van der Waals surface area contributed by atoms with Gasteiger partial charge in [0.1, 0.15) is 11.2 Å². The third-order valence-corrected chi connectivity index (χ3v) is 4.19. The third-order valence-electron chi connectivity index (χ3n) is 3.36. The average Bonchev–Trinajstić information content (AvgIpc) is 2.99. The molecule has 1 aliphatic heterocycles. The molecule has 0 unspecified atom stereocenters. The molecule has 1 fully saturated rings. The lowest BCUT2D eigenvalue weighted by Crippen LogP contribution is -2.18. The standard InChI is InChI=1S/C16H10N2O2S/c17-16-18-15(19)14(21-16)8-9-5-6-13-11(7-9)10-3-1-2-4-12(10)20-13/h1-8H,(H2,17,18,19)/b14-8+. The fourth-order valence-corrected chi connectivity index (χ4v) is 3.13. The quantitative estimate of drug-likeness (QED) is 0.672. The number of carbonyl (C=O) groups excluding carboxylic acids is 1. The molecule has 1 aromatic heterocycles. The van der Waals surface area contributed by atoms with Crippen LogP contribution in [0.5, 0.6) is 0 Å². The molecule has 1 saturated heterocycles. The van der Waals surface area contributed by atoms with E-state index in [2.05, 4.69) is 5.32 Å². The van der Waals surface area contributed by atoms with Gasteiger partial charge in [0, 0.05) is 10.8 Å². The summed E-state index contributed by atoms with van der Waals surface area (Å²) in [5.41, 5.74) is 2.60. The second-order valence-electron chi connectivity index (χ2n) is 4.75. The zero-order valence-electron chi connectivity index (χ0n) is 10.8. The van der Waals surface area contributed by atoms with E-state index >= 15 is 0 Å². The molecule has 102 valence electrons. The van der Waals surface area contributed by atoms with Gasteiger partial charge in [-0.05, 0) is 41.6 Å². The van der Waals surface area contributed by atoms with Crippen molar-refractivity contribution in [2.45, 2.75) is 0 Å². The van der Waals surface area contributed by atoms with Crippen molar-refractivity contribution in [1.82, 2.24) is 5.32 Å². The minimum atomic E-state index is -0.220. The van der Waals surface area contributed by atoms with E-state index in [4.69, 9.17) is 9.83 Å².